The van der Waals surface area contributed by atoms with E-state index in [0.717, 1.165) is 11.3 Å². The van der Waals surface area contributed by atoms with Gasteiger partial charge in [0, 0.05) is 34.7 Å². The molecule has 164 valence electrons. The number of methoxy groups -OCH3 is 2. The van der Waals surface area contributed by atoms with Crippen LogP contribution >= 0.6 is 11.3 Å². The van der Waals surface area contributed by atoms with Crippen molar-refractivity contribution in [1.29, 1.82) is 5.26 Å². The minimum absolute atomic E-state index is 0.0551. The third-order valence-corrected chi connectivity index (χ3v) is 6.72. The van der Waals surface area contributed by atoms with Crippen LogP contribution in [0.5, 0.6) is 11.5 Å². The minimum atomic E-state index is -0.734. The van der Waals surface area contributed by atoms with Crippen molar-refractivity contribution in [2.75, 3.05) is 19.1 Å². The predicted molar refractivity (Wildman–Crippen MR) is 118 cm³/mol. The number of Topliss-reactive ketones (excluding diaryl/α,β-unsaturated/α-hetero) is 1. The number of hydrogen-bond donors (Lipinski definition) is 1. The van der Waals surface area contributed by atoms with E-state index in [1.807, 2.05) is 0 Å². The van der Waals surface area contributed by atoms with Gasteiger partial charge in [-0.2, -0.15) is 5.26 Å². The summed E-state index contributed by atoms with van der Waals surface area (Å²) in [5, 5.41) is 21.2. The lowest BCUT2D eigenvalue weighted by Gasteiger charge is -2.39. The first-order chi connectivity index (χ1) is 15.4. The highest BCUT2D eigenvalue weighted by atomic mass is 32.1. The van der Waals surface area contributed by atoms with Gasteiger partial charge in [-0.15, -0.1) is 0 Å². The van der Waals surface area contributed by atoms with Crippen LogP contribution in [-0.4, -0.2) is 24.9 Å². The second-order valence-electron chi connectivity index (χ2n) is 7.29. The summed E-state index contributed by atoms with van der Waals surface area (Å²) in [6, 6.07) is 10.3. The molecule has 1 atom stereocenters. The van der Waals surface area contributed by atoms with Crippen molar-refractivity contribution < 1.29 is 19.2 Å². The topological polar surface area (TPSA) is 132 Å². The SMILES string of the molecule is COc1ccc(N2C(N)=C(C#N)[C@@H](c3ccc([N+](=O)[O-])s3)C3=C2CCCC3=O)c(OC)c1. The Morgan fingerprint density at radius 1 is 1.25 bits per heavy atom. The Balaban J connectivity index is 1.95. The highest BCUT2D eigenvalue weighted by Gasteiger charge is 2.42. The van der Waals surface area contributed by atoms with E-state index in [-0.39, 0.29) is 22.2 Å². The maximum Gasteiger partial charge on any atom is 0.324 e. The molecule has 10 heteroatoms. The Bertz CT molecular complexity index is 1220. The zero-order valence-corrected chi connectivity index (χ0v) is 18.3. The van der Waals surface area contributed by atoms with Crippen molar-refractivity contribution >= 4 is 27.8 Å². The van der Waals surface area contributed by atoms with E-state index in [9.17, 15) is 20.2 Å². The summed E-state index contributed by atoms with van der Waals surface area (Å²) >= 11 is 0.950. The van der Waals surface area contributed by atoms with Crippen molar-refractivity contribution in [3.63, 3.8) is 0 Å². The molecule has 2 aliphatic rings. The molecule has 1 aliphatic heterocycles. The fraction of sp³-hybridized carbons (Fsp3) is 0.273. The maximum absolute atomic E-state index is 13.1. The first-order valence-electron chi connectivity index (χ1n) is 9.83. The summed E-state index contributed by atoms with van der Waals surface area (Å²) in [6.45, 7) is 0. The summed E-state index contributed by atoms with van der Waals surface area (Å²) in [4.78, 5) is 26.1. The molecular formula is C22H20N4O5S. The summed E-state index contributed by atoms with van der Waals surface area (Å²) in [5.74, 6) is 0.403. The van der Waals surface area contributed by atoms with Gasteiger partial charge in [-0.05, 0) is 31.0 Å². The number of ether oxygens (including phenoxy) is 2. The van der Waals surface area contributed by atoms with Gasteiger partial charge in [0.1, 0.15) is 17.3 Å². The Morgan fingerprint density at radius 2 is 2.03 bits per heavy atom. The van der Waals surface area contributed by atoms with E-state index in [2.05, 4.69) is 6.07 Å². The summed E-state index contributed by atoms with van der Waals surface area (Å²) < 4.78 is 10.8. The first-order valence-corrected chi connectivity index (χ1v) is 10.6. The second-order valence-corrected chi connectivity index (χ2v) is 8.38. The molecule has 0 saturated carbocycles. The van der Waals surface area contributed by atoms with Crippen LogP contribution in [0.4, 0.5) is 10.7 Å². The highest BCUT2D eigenvalue weighted by Crippen LogP contribution is 2.50. The van der Waals surface area contributed by atoms with Gasteiger partial charge in [0.2, 0.25) is 0 Å². The second kappa shape index (κ2) is 8.36. The number of nitrogens with two attached hydrogens (primary N) is 1. The Kier molecular flexibility index (Phi) is 5.59. The molecule has 1 aromatic carbocycles. The zero-order valence-electron chi connectivity index (χ0n) is 17.5. The van der Waals surface area contributed by atoms with Crippen LogP contribution in [0.25, 0.3) is 0 Å². The molecule has 2 aromatic rings. The lowest BCUT2D eigenvalue weighted by molar-refractivity contribution is -0.380. The van der Waals surface area contributed by atoms with Crippen molar-refractivity contribution in [3.05, 3.63) is 68.0 Å². The first kappa shape index (κ1) is 21.4. The summed E-state index contributed by atoms with van der Waals surface area (Å²) in [6.07, 6.45) is 1.55. The van der Waals surface area contributed by atoms with Gasteiger partial charge in [0.25, 0.3) is 0 Å². The van der Waals surface area contributed by atoms with Crippen molar-refractivity contribution in [2.24, 2.45) is 5.73 Å². The van der Waals surface area contributed by atoms with Crippen molar-refractivity contribution in [1.82, 2.24) is 0 Å². The average Bonchev–Trinajstić information content (AvgIpc) is 3.28. The molecule has 1 aliphatic carbocycles. The predicted octanol–water partition coefficient (Wildman–Crippen LogP) is 3.98. The highest BCUT2D eigenvalue weighted by molar-refractivity contribution is 7.15. The molecule has 0 fully saturated rings. The number of benzene rings is 1. The molecular weight excluding hydrogens is 432 g/mol. The van der Waals surface area contributed by atoms with Gasteiger partial charge in [0.15, 0.2) is 5.78 Å². The largest absolute Gasteiger partial charge is 0.497 e. The quantitative estimate of drug-likeness (QED) is 0.532. The van der Waals surface area contributed by atoms with Gasteiger partial charge < -0.3 is 15.2 Å². The number of nitro groups is 1. The van der Waals surface area contributed by atoms with Crippen molar-refractivity contribution in [2.45, 2.75) is 25.2 Å². The molecule has 0 unspecified atom stereocenters. The molecule has 0 radical (unpaired) electrons. The summed E-state index contributed by atoms with van der Waals surface area (Å²) in [7, 11) is 3.06. The maximum atomic E-state index is 13.1. The van der Waals surface area contributed by atoms with Crippen LogP contribution < -0.4 is 20.1 Å². The molecule has 0 saturated heterocycles. The lowest BCUT2D eigenvalue weighted by Crippen LogP contribution is -2.38. The average molecular weight is 452 g/mol. The number of thiophene rings is 1. The van der Waals surface area contributed by atoms with Gasteiger partial charge in [-0.25, -0.2) is 0 Å². The third kappa shape index (κ3) is 3.36. The molecule has 0 amide bonds. The Labute approximate surface area is 188 Å². The Hall–Kier alpha value is -3.84. The normalized spacial score (nSPS) is 18.3. The van der Waals surface area contributed by atoms with Crippen LogP contribution in [-0.2, 0) is 4.79 Å². The minimum Gasteiger partial charge on any atom is -0.497 e. The van der Waals surface area contributed by atoms with Crippen molar-refractivity contribution in [3.8, 4) is 17.6 Å². The number of ketones is 1. The van der Waals surface area contributed by atoms with E-state index < -0.39 is 10.8 Å². The van der Waals surface area contributed by atoms with Crippen LogP contribution in [0.15, 0.2) is 53.0 Å². The van der Waals surface area contributed by atoms with Crippen LogP contribution in [0.2, 0.25) is 0 Å². The molecule has 2 heterocycles. The van der Waals surface area contributed by atoms with E-state index >= 15 is 0 Å². The molecule has 0 bridgehead atoms. The molecule has 1 aromatic heterocycles. The number of carbonyl (C=O) groups excluding carboxylic acids is 1. The number of allylic oxidation sites excluding steroid dienone is 3. The van der Waals surface area contributed by atoms with Gasteiger partial charge >= 0.3 is 5.00 Å². The van der Waals surface area contributed by atoms with Gasteiger partial charge in [-0.1, -0.05) is 11.3 Å². The number of hydrogen-bond acceptors (Lipinski definition) is 9. The van der Waals surface area contributed by atoms with Crippen LogP contribution in [0.3, 0.4) is 0 Å². The molecule has 4 rings (SSSR count). The summed E-state index contributed by atoms with van der Waals surface area (Å²) in [5.41, 5.74) is 8.42. The van der Waals surface area contributed by atoms with Gasteiger partial charge in [-0.3, -0.25) is 19.8 Å². The number of anilines is 1. The van der Waals surface area contributed by atoms with E-state index in [1.165, 1.54) is 13.2 Å². The van der Waals surface area contributed by atoms with Crippen LogP contribution in [0, 0.1) is 21.4 Å². The number of carbonyl (C=O) groups is 1. The fourth-order valence-electron chi connectivity index (χ4n) is 4.21. The third-order valence-electron chi connectivity index (χ3n) is 5.62. The molecule has 32 heavy (non-hydrogen) atoms. The zero-order chi connectivity index (χ0) is 23.0. The fourth-order valence-corrected chi connectivity index (χ4v) is 5.15. The lowest BCUT2D eigenvalue weighted by atomic mass is 9.78. The number of rotatable bonds is 5. The van der Waals surface area contributed by atoms with Gasteiger partial charge in [0.05, 0.1) is 42.4 Å². The van der Waals surface area contributed by atoms with E-state index in [1.54, 1.807) is 36.3 Å². The Morgan fingerprint density at radius 3 is 2.66 bits per heavy atom. The number of nitrogens with zero attached hydrogens (tertiary/aromatic N) is 3. The van der Waals surface area contributed by atoms with Crippen LogP contribution in [0.1, 0.15) is 30.1 Å². The van der Waals surface area contributed by atoms with E-state index in [4.69, 9.17) is 15.2 Å². The number of nitriles is 1. The molecule has 0 spiro atoms. The van der Waals surface area contributed by atoms with E-state index in [0.29, 0.717) is 52.6 Å². The molecule has 2 N–H and O–H groups in total. The molecule has 9 nitrogen and oxygen atoms in total. The standard InChI is InChI=1S/C22H20N4O5S/c1-30-12-6-7-14(17(10-12)31-2)25-15-4-3-5-16(27)21(15)20(13(11-23)22(25)24)18-8-9-19(32-18)26(28)29/h6-10,20H,3-5,24H2,1-2H3/t20-/m0/s1. The smallest absolute Gasteiger partial charge is 0.324 e. The monoisotopic (exact) mass is 452 g/mol.